The van der Waals surface area contributed by atoms with Crippen molar-refractivity contribution in [3.63, 3.8) is 0 Å². The minimum absolute atomic E-state index is 0.188. The van der Waals surface area contributed by atoms with Crippen LogP contribution in [0.2, 0.25) is 0 Å². The number of rotatable bonds is 9. The molecule has 4 aliphatic heterocycles. The SMILES string of the molecule is COc1cc(CCc2cc3c(cc2-c2cc4c(cc2CCc2cc(OC)c5c(c2)OCO5)OCO4)OCO3)cc2c1OCO2. The first-order chi connectivity index (χ1) is 21.7. The van der Waals surface area contributed by atoms with Crippen LogP contribution < -0.4 is 47.4 Å². The number of hydrogen-bond donors (Lipinski definition) is 0. The average Bonchev–Trinajstić information content (AvgIpc) is 3.87. The summed E-state index contributed by atoms with van der Waals surface area (Å²) >= 11 is 0. The van der Waals surface area contributed by atoms with Crippen LogP contribution in [-0.4, -0.2) is 41.4 Å². The molecule has 226 valence electrons. The molecule has 0 N–H and O–H groups in total. The fourth-order valence-corrected chi connectivity index (χ4v) is 6.10. The molecule has 0 unspecified atom stereocenters. The van der Waals surface area contributed by atoms with Gasteiger partial charge in [0.15, 0.2) is 46.0 Å². The number of hydrogen-bond acceptors (Lipinski definition) is 10. The largest absolute Gasteiger partial charge is 0.493 e. The van der Waals surface area contributed by atoms with Crippen LogP contribution in [0.25, 0.3) is 11.1 Å². The zero-order chi connectivity index (χ0) is 29.6. The minimum atomic E-state index is 0.188. The third kappa shape index (κ3) is 4.67. The van der Waals surface area contributed by atoms with Gasteiger partial charge < -0.3 is 47.4 Å². The molecule has 0 fully saturated rings. The summed E-state index contributed by atoms with van der Waals surface area (Å²) in [5, 5.41) is 0. The van der Waals surface area contributed by atoms with Gasteiger partial charge in [0.05, 0.1) is 14.2 Å². The Kier molecular flexibility index (Phi) is 6.54. The third-order valence-corrected chi connectivity index (χ3v) is 8.29. The van der Waals surface area contributed by atoms with E-state index < -0.39 is 0 Å². The summed E-state index contributed by atoms with van der Waals surface area (Å²) in [4.78, 5) is 0. The lowest BCUT2D eigenvalue weighted by Crippen LogP contribution is -2.00. The van der Waals surface area contributed by atoms with Gasteiger partial charge in [-0.05, 0) is 108 Å². The van der Waals surface area contributed by atoms with Crippen molar-refractivity contribution in [3.8, 4) is 68.6 Å². The standard InChI is InChI=1S/C34H30O10/c1-35-29-7-19(9-31-33(29)43-17-41-31)3-5-21-11-25-27(39-15-37-25)13-23(21)24-14-28-26(38-16-40-28)12-22(24)6-4-20-8-30(36-2)34-32(10-20)42-18-44-34/h7-14H,3-6,15-18H2,1-2H3. The van der Waals surface area contributed by atoms with Crippen LogP contribution in [-0.2, 0) is 25.7 Å². The van der Waals surface area contributed by atoms with Crippen LogP contribution in [0.15, 0.2) is 48.5 Å². The van der Waals surface area contributed by atoms with Gasteiger partial charge in [-0.2, -0.15) is 0 Å². The van der Waals surface area contributed by atoms with Crippen LogP contribution in [0.1, 0.15) is 22.3 Å². The van der Waals surface area contributed by atoms with E-state index in [0.29, 0.717) is 34.5 Å². The number of methoxy groups -OCH3 is 2. The second-order valence-electron chi connectivity index (χ2n) is 10.8. The van der Waals surface area contributed by atoms with Crippen molar-refractivity contribution in [2.45, 2.75) is 25.7 Å². The maximum atomic E-state index is 5.82. The van der Waals surface area contributed by atoms with E-state index in [9.17, 15) is 0 Å². The van der Waals surface area contributed by atoms with Gasteiger partial charge in [0, 0.05) is 0 Å². The second kappa shape index (κ2) is 10.9. The van der Waals surface area contributed by atoms with Crippen molar-refractivity contribution in [3.05, 3.63) is 70.8 Å². The fourth-order valence-electron chi connectivity index (χ4n) is 6.10. The van der Waals surface area contributed by atoms with Crippen molar-refractivity contribution in [1.82, 2.24) is 0 Å². The Labute approximate surface area is 253 Å². The van der Waals surface area contributed by atoms with Gasteiger partial charge in [0.1, 0.15) is 0 Å². The molecule has 0 aromatic heterocycles. The molecule has 0 amide bonds. The summed E-state index contributed by atoms with van der Waals surface area (Å²) in [6.07, 6.45) is 2.97. The smallest absolute Gasteiger partial charge is 0.231 e. The van der Waals surface area contributed by atoms with Crippen LogP contribution in [0.3, 0.4) is 0 Å². The lowest BCUT2D eigenvalue weighted by molar-refractivity contribution is 0.171. The predicted octanol–water partition coefficient (Wildman–Crippen LogP) is 5.86. The molecule has 0 bridgehead atoms. The number of benzene rings is 4. The number of aryl methyl sites for hydroxylation is 4. The molecule has 10 nitrogen and oxygen atoms in total. The van der Waals surface area contributed by atoms with Gasteiger partial charge in [-0.15, -0.1) is 0 Å². The predicted molar refractivity (Wildman–Crippen MR) is 157 cm³/mol. The zero-order valence-electron chi connectivity index (χ0n) is 24.4. The maximum absolute atomic E-state index is 5.82. The van der Waals surface area contributed by atoms with Crippen molar-refractivity contribution in [2.24, 2.45) is 0 Å². The van der Waals surface area contributed by atoms with E-state index in [1.807, 2.05) is 24.3 Å². The Morgan fingerprint density at radius 3 is 1.25 bits per heavy atom. The summed E-state index contributed by atoms with van der Waals surface area (Å²) in [6, 6.07) is 16.4. The molecule has 10 heteroatoms. The van der Waals surface area contributed by atoms with Gasteiger partial charge in [0.25, 0.3) is 0 Å². The Morgan fingerprint density at radius 2 is 0.818 bits per heavy atom. The van der Waals surface area contributed by atoms with E-state index in [1.165, 1.54) is 0 Å². The first kappa shape index (κ1) is 26.5. The van der Waals surface area contributed by atoms with Gasteiger partial charge >= 0.3 is 0 Å². The van der Waals surface area contributed by atoms with E-state index in [1.54, 1.807) is 14.2 Å². The van der Waals surface area contributed by atoms with E-state index >= 15 is 0 Å². The highest BCUT2D eigenvalue weighted by Crippen LogP contribution is 2.46. The van der Waals surface area contributed by atoms with Crippen molar-refractivity contribution in [2.75, 3.05) is 41.4 Å². The normalized spacial score (nSPS) is 14.7. The quantitative estimate of drug-likeness (QED) is 0.233. The summed E-state index contributed by atoms with van der Waals surface area (Å²) in [7, 11) is 3.27. The highest BCUT2D eigenvalue weighted by atomic mass is 16.7. The third-order valence-electron chi connectivity index (χ3n) is 8.29. The van der Waals surface area contributed by atoms with E-state index in [4.69, 9.17) is 47.4 Å². The molecule has 4 aliphatic rings. The molecule has 0 atom stereocenters. The molecule has 0 saturated carbocycles. The van der Waals surface area contributed by atoms with Crippen molar-refractivity contribution >= 4 is 0 Å². The highest BCUT2D eigenvalue weighted by Gasteiger charge is 2.25. The summed E-state index contributed by atoms with van der Waals surface area (Å²) in [6.45, 7) is 0.760. The second-order valence-corrected chi connectivity index (χ2v) is 10.8. The van der Waals surface area contributed by atoms with Crippen LogP contribution >= 0.6 is 0 Å². The summed E-state index contributed by atoms with van der Waals surface area (Å²) < 4.78 is 56.9. The van der Waals surface area contributed by atoms with Gasteiger partial charge in [-0.25, -0.2) is 0 Å². The maximum Gasteiger partial charge on any atom is 0.231 e. The highest BCUT2D eigenvalue weighted by molar-refractivity contribution is 5.77. The lowest BCUT2D eigenvalue weighted by atomic mass is 9.89. The van der Waals surface area contributed by atoms with Gasteiger partial charge in [-0.3, -0.25) is 0 Å². The van der Waals surface area contributed by atoms with Crippen LogP contribution in [0.4, 0.5) is 0 Å². The minimum Gasteiger partial charge on any atom is -0.493 e. The van der Waals surface area contributed by atoms with E-state index in [0.717, 1.165) is 82.1 Å². The Hall–Kier alpha value is -5.12. The van der Waals surface area contributed by atoms with Crippen molar-refractivity contribution < 1.29 is 47.4 Å². The van der Waals surface area contributed by atoms with Crippen molar-refractivity contribution in [1.29, 1.82) is 0 Å². The number of fused-ring (bicyclic) bond motifs is 4. The molecule has 0 saturated heterocycles. The summed E-state index contributed by atoms with van der Waals surface area (Å²) in [5.41, 5.74) is 6.51. The van der Waals surface area contributed by atoms with Gasteiger partial charge in [-0.1, -0.05) is 0 Å². The van der Waals surface area contributed by atoms with Gasteiger partial charge in [0.2, 0.25) is 38.7 Å². The topological polar surface area (TPSA) is 92.3 Å². The molecule has 0 aliphatic carbocycles. The number of ether oxygens (including phenoxy) is 10. The average molecular weight is 599 g/mol. The molecule has 8 rings (SSSR count). The first-order valence-corrected chi connectivity index (χ1v) is 14.5. The molecule has 4 heterocycles. The Balaban J connectivity index is 1.15. The first-order valence-electron chi connectivity index (χ1n) is 14.5. The molecule has 44 heavy (non-hydrogen) atoms. The monoisotopic (exact) mass is 598 g/mol. The molecule has 4 aromatic carbocycles. The molecule has 0 radical (unpaired) electrons. The molecule has 4 aromatic rings. The van der Waals surface area contributed by atoms with E-state index in [2.05, 4.69) is 24.3 Å². The molecular weight excluding hydrogens is 568 g/mol. The molecule has 0 spiro atoms. The molecular formula is C34H30O10. The Morgan fingerprint density at radius 1 is 0.432 bits per heavy atom. The van der Waals surface area contributed by atoms with Crippen LogP contribution in [0, 0.1) is 0 Å². The van der Waals surface area contributed by atoms with E-state index in [-0.39, 0.29) is 27.2 Å². The fraction of sp³-hybridized carbons (Fsp3) is 0.294. The zero-order valence-corrected chi connectivity index (χ0v) is 24.4. The Bertz CT molecular complexity index is 1640. The van der Waals surface area contributed by atoms with Crippen LogP contribution in [0.5, 0.6) is 57.5 Å². The summed E-state index contributed by atoms with van der Waals surface area (Å²) in [5.74, 6) is 6.93. The lowest BCUT2D eigenvalue weighted by Gasteiger charge is -2.17.